The number of hydrogen-bond donors (Lipinski definition) is 3. The Morgan fingerprint density at radius 3 is 2.58 bits per heavy atom. The molecule has 0 saturated carbocycles. The van der Waals surface area contributed by atoms with Gasteiger partial charge in [0.25, 0.3) is 5.56 Å². The van der Waals surface area contributed by atoms with E-state index in [1.165, 1.54) is 0 Å². The molecule has 10 heteroatoms. The molecule has 0 aliphatic carbocycles. The van der Waals surface area contributed by atoms with E-state index in [1.54, 1.807) is 62.6 Å². The van der Waals surface area contributed by atoms with Gasteiger partial charge in [0.2, 0.25) is 11.8 Å². The summed E-state index contributed by atoms with van der Waals surface area (Å²) < 4.78 is 5.18. The number of carbonyl (C=O) groups excluding carboxylic acids is 2. The summed E-state index contributed by atoms with van der Waals surface area (Å²) in [6, 6.07) is 13.9. The number of thioether (sulfide) groups is 1. The summed E-state index contributed by atoms with van der Waals surface area (Å²) in [6.07, 6.45) is 0.819. The first kappa shape index (κ1) is 24.0. The highest BCUT2D eigenvalue weighted by Crippen LogP contribution is 2.26. The second kappa shape index (κ2) is 11.3. The largest absolute Gasteiger partial charge is 0.497 e. The van der Waals surface area contributed by atoms with Crippen molar-refractivity contribution in [2.45, 2.75) is 37.1 Å². The third-order valence-corrected chi connectivity index (χ3v) is 5.95. The molecule has 0 aliphatic heterocycles. The van der Waals surface area contributed by atoms with Crippen LogP contribution >= 0.6 is 11.8 Å². The van der Waals surface area contributed by atoms with Gasteiger partial charge < -0.3 is 15.4 Å². The van der Waals surface area contributed by atoms with Crippen LogP contribution < -0.4 is 20.9 Å². The lowest BCUT2D eigenvalue weighted by atomic mass is 10.1. The highest BCUT2D eigenvalue weighted by atomic mass is 32.2. The van der Waals surface area contributed by atoms with Crippen LogP contribution in [0.5, 0.6) is 5.75 Å². The molecule has 3 rings (SSSR count). The van der Waals surface area contributed by atoms with Crippen molar-refractivity contribution in [3.8, 4) is 17.0 Å². The van der Waals surface area contributed by atoms with Gasteiger partial charge in [-0.25, -0.2) is 0 Å². The average Bonchev–Trinajstić information content (AvgIpc) is 2.83. The van der Waals surface area contributed by atoms with Gasteiger partial charge in [-0.1, -0.05) is 49.9 Å². The second-order valence-corrected chi connectivity index (χ2v) is 8.18. The Labute approximate surface area is 195 Å². The summed E-state index contributed by atoms with van der Waals surface area (Å²) in [5.41, 5.74) is 1.18. The van der Waals surface area contributed by atoms with E-state index < -0.39 is 10.8 Å². The molecule has 33 heavy (non-hydrogen) atoms. The Morgan fingerprint density at radius 2 is 1.88 bits per heavy atom. The molecule has 1 atom stereocenters. The van der Waals surface area contributed by atoms with Gasteiger partial charge in [-0.05, 0) is 24.6 Å². The van der Waals surface area contributed by atoms with E-state index in [1.807, 2.05) is 6.92 Å². The van der Waals surface area contributed by atoms with Gasteiger partial charge in [0.15, 0.2) is 10.9 Å². The number of rotatable bonds is 9. The maximum Gasteiger partial charge on any atom is 0.278 e. The van der Waals surface area contributed by atoms with Gasteiger partial charge in [-0.15, -0.1) is 10.2 Å². The van der Waals surface area contributed by atoms with Crippen LogP contribution in [0, 0.1) is 0 Å². The number of H-pyrrole nitrogens is 1. The van der Waals surface area contributed by atoms with Crippen molar-refractivity contribution in [2.24, 2.45) is 0 Å². The molecule has 2 amide bonds. The number of aromatic nitrogens is 3. The summed E-state index contributed by atoms with van der Waals surface area (Å²) in [5, 5.41) is 13.5. The first-order valence-electron chi connectivity index (χ1n) is 10.4. The van der Waals surface area contributed by atoms with E-state index in [9.17, 15) is 14.4 Å². The lowest BCUT2D eigenvalue weighted by Crippen LogP contribution is -2.25. The summed E-state index contributed by atoms with van der Waals surface area (Å²) in [5.74, 6) is 0.233. The highest BCUT2D eigenvalue weighted by molar-refractivity contribution is 8.00. The Morgan fingerprint density at radius 1 is 1.09 bits per heavy atom. The number of methoxy groups -OCH3 is 1. The Hall–Kier alpha value is -3.66. The smallest absolute Gasteiger partial charge is 0.278 e. The molecule has 0 saturated heterocycles. The molecular weight excluding hydrogens is 442 g/mol. The summed E-state index contributed by atoms with van der Waals surface area (Å²) in [6.45, 7) is 3.61. The van der Waals surface area contributed by atoms with Crippen LogP contribution in [-0.2, 0) is 9.59 Å². The minimum Gasteiger partial charge on any atom is -0.497 e. The van der Waals surface area contributed by atoms with Crippen LogP contribution in [0.25, 0.3) is 11.3 Å². The number of aromatic amines is 1. The molecule has 2 aromatic carbocycles. The Kier molecular flexibility index (Phi) is 8.20. The van der Waals surface area contributed by atoms with Gasteiger partial charge in [0.1, 0.15) is 5.75 Å². The lowest BCUT2D eigenvalue weighted by Gasteiger charge is -2.14. The number of ether oxygens (including phenoxy) is 1. The van der Waals surface area contributed by atoms with E-state index in [4.69, 9.17) is 4.74 Å². The van der Waals surface area contributed by atoms with E-state index in [-0.39, 0.29) is 22.7 Å². The molecular formula is C23H25N5O4S. The molecule has 3 N–H and O–H groups in total. The number of para-hydroxylation sites is 1. The number of anilines is 2. The van der Waals surface area contributed by atoms with Crippen molar-refractivity contribution in [1.29, 1.82) is 0 Å². The normalized spacial score (nSPS) is 11.5. The average molecular weight is 468 g/mol. The van der Waals surface area contributed by atoms with E-state index in [0.29, 0.717) is 35.5 Å². The van der Waals surface area contributed by atoms with Gasteiger partial charge in [-0.2, -0.15) is 0 Å². The topological polar surface area (TPSA) is 126 Å². The van der Waals surface area contributed by atoms with Crippen molar-refractivity contribution in [3.63, 3.8) is 0 Å². The Bertz CT molecular complexity index is 1200. The molecule has 9 nitrogen and oxygen atoms in total. The molecule has 0 bridgehead atoms. The minimum absolute atomic E-state index is 0.0835. The highest BCUT2D eigenvalue weighted by Gasteiger charge is 2.21. The zero-order valence-corrected chi connectivity index (χ0v) is 19.4. The number of carbonyl (C=O) groups is 2. The van der Waals surface area contributed by atoms with Crippen LogP contribution in [0.15, 0.2) is 58.5 Å². The fourth-order valence-electron chi connectivity index (χ4n) is 2.97. The SMILES string of the molecule is CCC(=O)Nc1ccccc1-c1nnc(S[C@@H](CC)C(=O)Nc2cccc(OC)c2)[nH]c1=O. The van der Waals surface area contributed by atoms with Crippen molar-refractivity contribution in [2.75, 3.05) is 17.7 Å². The van der Waals surface area contributed by atoms with Crippen LogP contribution in [-0.4, -0.2) is 39.4 Å². The molecule has 0 radical (unpaired) electrons. The Balaban J connectivity index is 1.77. The maximum absolute atomic E-state index is 12.8. The number of nitrogens with one attached hydrogen (secondary N) is 3. The molecule has 3 aromatic rings. The van der Waals surface area contributed by atoms with Crippen LogP contribution in [0.2, 0.25) is 0 Å². The monoisotopic (exact) mass is 467 g/mol. The van der Waals surface area contributed by atoms with Crippen LogP contribution in [0.4, 0.5) is 11.4 Å². The number of nitrogens with zero attached hydrogens (tertiary/aromatic N) is 2. The van der Waals surface area contributed by atoms with Crippen molar-refractivity contribution in [3.05, 3.63) is 58.9 Å². The van der Waals surface area contributed by atoms with E-state index in [2.05, 4.69) is 25.8 Å². The molecule has 1 aromatic heterocycles. The van der Waals surface area contributed by atoms with Gasteiger partial charge >= 0.3 is 0 Å². The third-order valence-electron chi connectivity index (χ3n) is 4.71. The minimum atomic E-state index is -0.497. The first-order chi connectivity index (χ1) is 15.9. The lowest BCUT2D eigenvalue weighted by molar-refractivity contribution is -0.116. The quantitative estimate of drug-likeness (QED) is 0.410. The zero-order chi connectivity index (χ0) is 23.8. The number of amides is 2. The molecule has 0 fully saturated rings. The fourth-order valence-corrected chi connectivity index (χ4v) is 3.81. The molecule has 0 aliphatic rings. The van der Waals surface area contributed by atoms with Gasteiger partial charge in [0.05, 0.1) is 18.0 Å². The van der Waals surface area contributed by atoms with Crippen molar-refractivity contribution in [1.82, 2.24) is 15.2 Å². The molecule has 172 valence electrons. The maximum atomic E-state index is 12.8. The number of benzene rings is 2. The van der Waals surface area contributed by atoms with Gasteiger partial charge in [0, 0.05) is 23.7 Å². The molecule has 0 spiro atoms. The van der Waals surface area contributed by atoms with Crippen molar-refractivity contribution < 1.29 is 14.3 Å². The van der Waals surface area contributed by atoms with Gasteiger partial charge in [-0.3, -0.25) is 19.4 Å². The predicted octanol–water partition coefficient (Wildman–Crippen LogP) is 3.70. The summed E-state index contributed by atoms with van der Waals surface area (Å²) >= 11 is 1.12. The van der Waals surface area contributed by atoms with Crippen LogP contribution in [0.3, 0.4) is 0 Å². The molecule has 1 heterocycles. The zero-order valence-electron chi connectivity index (χ0n) is 18.5. The standard InChI is InChI=1S/C23H25N5O4S/c1-4-18(21(30)24-14-9-8-10-15(13-14)32-3)33-23-26-22(31)20(27-28-23)16-11-6-7-12-17(16)25-19(29)5-2/h6-13,18H,4-5H2,1-3H3,(H,24,30)(H,25,29)(H,26,28,31)/t18-/m0/s1. The molecule has 0 unspecified atom stereocenters. The number of hydrogen-bond acceptors (Lipinski definition) is 7. The third kappa shape index (κ3) is 6.19. The van der Waals surface area contributed by atoms with Crippen LogP contribution in [0.1, 0.15) is 26.7 Å². The van der Waals surface area contributed by atoms with E-state index >= 15 is 0 Å². The first-order valence-corrected chi connectivity index (χ1v) is 11.3. The summed E-state index contributed by atoms with van der Waals surface area (Å²) in [4.78, 5) is 40.0. The summed E-state index contributed by atoms with van der Waals surface area (Å²) in [7, 11) is 1.56. The predicted molar refractivity (Wildman–Crippen MR) is 129 cm³/mol. The van der Waals surface area contributed by atoms with Crippen molar-refractivity contribution >= 4 is 35.0 Å². The fraction of sp³-hybridized carbons (Fsp3) is 0.261. The van der Waals surface area contributed by atoms with E-state index in [0.717, 1.165) is 11.8 Å². The second-order valence-electron chi connectivity index (χ2n) is 6.99.